The fraction of sp³-hybridized carbons (Fsp3) is 1.00. The zero-order valence-electron chi connectivity index (χ0n) is 16.5. The summed E-state index contributed by atoms with van der Waals surface area (Å²) in [6.07, 6.45) is 17.3. The number of hydrogen-bond donors (Lipinski definition) is 0. The van der Waals surface area contributed by atoms with Gasteiger partial charge in [0.25, 0.3) is 0 Å². The fourth-order valence-electron chi connectivity index (χ4n) is 2.83. The van der Waals surface area contributed by atoms with Crippen molar-refractivity contribution in [1.82, 2.24) is 0 Å². The largest absolute Gasteiger partial charge is 1.00 e. The fourth-order valence-corrected chi connectivity index (χ4v) is 2.83. The number of hydrogen-bond acceptors (Lipinski definition) is 0. The second-order valence-corrected chi connectivity index (χ2v) is 9.21. The molecule has 0 aliphatic heterocycles. The van der Waals surface area contributed by atoms with Gasteiger partial charge in [0.2, 0.25) is 0 Å². The number of unbranched alkanes of at least 4 members (excludes halogenated alkanes) is 10. The highest BCUT2D eigenvalue weighted by atomic mass is 35.5. The molecule has 2 heteroatoms. The SMILES string of the molecule is CC(C)(C)CCCCCCCCCCCCC[N+](C)(C)C.[Cl-]. The van der Waals surface area contributed by atoms with E-state index in [1.807, 2.05) is 0 Å². The quantitative estimate of drug-likeness (QED) is 0.358. The van der Waals surface area contributed by atoms with Crippen LogP contribution in [0.3, 0.4) is 0 Å². The minimum Gasteiger partial charge on any atom is -1.00 e. The van der Waals surface area contributed by atoms with E-state index in [-0.39, 0.29) is 12.4 Å². The highest BCUT2D eigenvalue weighted by Gasteiger charge is 2.08. The van der Waals surface area contributed by atoms with Gasteiger partial charge in [-0.05, 0) is 24.7 Å². The molecule has 0 N–H and O–H groups in total. The molecule has 0 bridgehead atoms. The first-order valence-electron chi connectivity index (χ1n) is 9.51. The van der Waals surface area contributed by atoms with Crippen LogP contribution in [0.1, 0.15) is 97.8 Å². The molecule has 0 aromatic carbocycles. The lowest BCUT2D eigenvalue weighted by molar-refractivity contribution is -0.870. The monoisotopic (exact) mass is 333 g/mol. The van der Waals surface area contributed by atoms with E-state index in [2.05, 4.69) is 41.9 Å². The average Bonchev–Trinajstić information content (AvgIpc) is 2.32. The van der Waals surface area contributed by atoms with Crippen LogP contribution in [-0.2, 0) is 0 Å². The van der Waals surface area contributed by atoms with Crippen molar-refractivity contribution in [3.8, 4) is 0 Å². The molecule has 0 heterocycles. The van der Waals surface area contributed by atoms with Gasteiger partial charge in [0.1, 0.15) is 0 Å². The van der Waals surface area contributed by atoms with Crippen molar-refractivity contribution in [3.63, 3.8) is 0 Å². The van der Waals surface area contributed by atoms with Crippen molar-refractivity contribution in [3.05, 3.63) is 0 Å². The topological polar surface area (TPSA) is 0 Å². The number of rotatable bonds is 13. The smallest absolute Gasteiger partial charge is 0.0780 e. The Kier molecular flexibility index (Phi) is 15.2. The summed E-state index contributed by atoms with van der Waals surface area (Å²) in [6, 6.07) is 0. The molecule has 0 fully saturated rings. The Labute approximate surface area is 148 Å². The second-order valence-electron chi connectivity index (χ2n) is 9.21. The van der Waals surface area contributed by atoms with E-state index in [0.717, 1.165) is 4.48 Å². The van der Waals surface area contributed by atoms with Crippen LogP contribution in [0.25, 0.3) is 0 Å². The van der Waals surface area contributed by atoms with Gasteiger partial charge in [-0.1, -0.05) is 78.6 Å². The number of halogens is 1. The molecular weight excluding hydrogens is 290 g/mol. The molecule has 0 rings (SSSR count). The minimum absolute atomic E-state index is 0. The van der Waals surface area contributed by atoms with Gasteiger partial charge >= 0.3 is 0 Å². The molecule has 22 heavy (non-hydrogen) atoms. The lowest BCUT2D eigenvalue weighted by Gasteiger charge is -2.23. The molecule has 0 amide bonds. The van der Waals surface area contributed by atoms with Gasteiger partial charge in [0, 0.05) is 0 Å². The summed E-state index contributed by atoms with van der Waals surface area (Å²) in [7, 11) is 6.88. The summed E-state index contributed by atoms with van der Waals surface area (Å²) in [4.78, 5) is 0. The zero-order valence-corrected chi connectivity index (χ0v) is 17.3. The molecule has 0 saturated carbocycles. The van der Waals surface area contributed by atoms with E-state index in [1.165, 1.54) is 83.6 Å². The van der Waals surface area contributed by atoms with Crippen LogP contribution in [0.15, 0.2) is 0 Å². The molecule has 0 aromatic rings. The molecule has 0 aliphatic carbocycles. The summed E-state index contributed by atoms with van der Waals surface area (Å²) in [5.41, 5.74) is 0.534. The van der Waals surface area contributed by atoms with E-state index in [9.17, 15) is 0 Å². The van der Waals surface area contributed by atoms with Gasteiger partial charge in [-0.3, -0.25) is 0 Å². The van der Waals surface area contributed by atoms with Crippen molar-refractivity contribution >= 4 is 0 Å². The third-order valence-electron chi connectivity index (χ3n) is 4.26. The Morgan fingerprint density at radius 2 is 0.864 bits per heavy atom. The maximum atomic E-state index is 2.35. The maximum Gasteiger partial charge on any atom is 0.0780 e. The minimum atomic E-state index is 0. The Hall–Kier alpha value is 0.250. The number of nitrogens with zero attached hydrogens (tertiary/aromatic N) is 1. The molecule has 0 saturated heterocycles. The van der Waals surface area contributed by atoms with Crippen molar-refractivity contribution in [1.29, 1.82) is 0 Å². The van der Waals surface area contributed by atoms with Crippen LogP contribution < -0.4 is 12.4 Å². The van der Waals surface area contributed by atoms with Crippen LogP contribution in [-0.4, -0.2) is 32.2 Å². The third kappa shape index (κ3) is 22.5. The van der Waals surface area contributed by atoms with Gasteiger partial charge in [-0.15, -0.1) is 0 Å². The normalized spacial score (nSPS) is 12.3. The summed E-state index contributed by atoms with van der Waals surface area (Å²) in [6.45, 7) is 8.39. The molecule has 0 unspecified atom stereocenters. The van der Waals surface area contributed by atoms with Crippen LogP contribution >= 0.6 is 0 Å². The Morgan fingerprint density at radius 1 is 0.545 bits per heavy atom. The van der Waals surface area contributed by atoms with Gasteiger partial charge < -0.3 is 16.9 Å². The highest BCUT2D eigenvalue weighted by Crippen LogP contribution is 2.22. The molecule has 0 spiro atoms. The second kappa shape index (κ2) is 13.7. The van der Waals surface area contributed by atoms with E-state index in [0.29, 0.717) is 5.41 Å². The van der Waals surface area contributed by atoms with E-state index >= 15 is 0 Å². The van der Waals surface area contributed by atoms with Crippen LogP contribution in [0, 0.1) is 5.41 Å². The third-order valence-corrected chi connectivity index (χ3v) is 4.26. The maximum absolute atomic E-state index is 2.35. The van der Waals surface area contributed by atoms with Crippen LogP contribution in [0.2, 0.25) is 0 Å². The van der Waals surface area contributed by atoms with E-state index in [4.69, 9.17) is 0 Å². The lowest BCUT2D eigenvalue weighted by atomic mass is 9.89. The van der Waals surface area contributed by atoms with E-state index in [1.54, 1.807) is 0 Å². The molecule has 0 radical (unpaired) electrons. The van der Waals surface area contributed by atoms with Crippen LogP contribution in [0.5, 0.6) is 0 Å². The standard InChI is InChI=1S/C20H44N.ClH/c1-20(2,3)18-16-14-12-10-8-7-9-11-13-15-17-19-21(4,5)6;/h7-19H2,1-6H3;1H/q+1;/p-1. The molecule has 0 atom stereocenters. The first-order valence-corrected chi connectivity index (χ1v) is 9.51. The summed E-state index contributed by atoms with van der Waals surface area (Å²) >= 11 is 0. The molecule has 1 nitrogen and oxygen atoms in total. The molecule has 0 aliphatic rings. The van der Waals surface area contributed by atoms with Crippen molar-refractivity contribution in [2.75, 3.05) is 27.7 Å². The summed E-state index contributed by atoms with van der Waals surface area (Å²) in [5.74, 6) is 0. The van der Waals surface area contributed by atoms with Gasteiger partial charge in [0.15, 0.2) is 0 Å². The van der Waals surface area contributed by atoms with Crippen molar-refractivity contribution < 1.29 is 16.9 Å². The Morgan fingerprint density at radius 3 is 1.18 bits per heavy atom. The summed E-state index contributed by atoms with van der Waals surface area (Å²) < 4.78 is 1.12. The zero-order chi connectivity index (χ0) is 16.2. The summed E-state index contributed by atoms with van der Waals surface area (Å²) in [5, 5.41) is 0. The van der Waals surface area contributed by atoms with Crippen LogP contribution in [0.4, 0.5) is 0 Å². The van der Waals surface area contributed by atoms with Crippen molar-refractivity contribution in [2.45, 2.75) is 97.8 Å². The predicted molar refractivity (Wildman–Crippen MR) is 97.8 cm³/mol. The molecule has 136 valence electrons. The first-order chi connectivity index (χ1) is 9.71. The first kappa shape index (κ1) is 24.5. The van der Waals surface area contributed by atoms with Gasteiger partial charge in [-0.25, -0.2) is 0 Å². The average molecular weight is 334 g/mol. The van der Waals surface area contributed by atoms with Crippen molar-refractivity contribution in [2.24, 2.45) is 5.41 Å². The predicted octanol–water partition coefficient (Wildman–Crippen LogP) is 3.42. The highest BCUT2D eigenvalue weighted by molar-refractivity contribution is 4.61. The van der Waals surface area contributed by atoms with Gasteiger partial charge in [-0.2, -0.15) is 0 Å². The Balaban J connectivity index is 0. The Bertz CT molecular complexity index is 201. The molecular formula is C20H44ClN. The van der Waals surface area contributed by atoms with E-state index < -0.39 is 0 Å². The van der Waals surface area contributed by atoms with Gasteiger partial charge in [0.05, 0.1) is 27.7 Å². The lowest BCUT2D eigenvalue weighted by Crippen LogP contribution is -3.00. The number of quaternary nitrogens is 1. The molecule has 0 aromatic heterocycles.